The van der Waals surface area contributed by atoms with Gasteiger partial charge in [0.1, 0.15) is 0 Å². The van der Waals surface area contributed by atoms with Crippen LogP contribution in [0.25, 0.3) is 16.9 Å². The van der Waals surface area contributed by atoms with E-state index in [1.807, 2.05) is 62.8 Å². The van der Waals surface area contributed by atoms with E-state index in [0.717, 1.165) is 42.6 Å². The van der Waals surface area contributed by atoms with Crippen LogP contribution >= 0.6 is 11.3 Å². The van der Waals surface area contributed by atoms with Crippen molar-refractivity contribution in [3.8, 4) is 11.4 Å². The third-order valence-electron chi connectivity index (χ3n) is 5.27. The first-order valence-electron chi connectivity index (χ1n) is 9.47. The second-order valence-electron chi connectivity index (χ2n) is 7.25. The number of aromatic nitrogens is 3. The predicted molar refractivity (Wildman–Crippen MR) is 107 cm³/mol. The molecule has 142 valence electrons. The van der Waals surface area contributed by atoms with Gasteiger partial charge in [0.25, 0.3) is 5.91 Å². The summed E-state index contributed by atoms with van der Waals surface area (Å²) in [6.07, 6.45) is 6.64. The number of amides is 1. The summed E-state index contributed by atoms with van der Waals surface area (Å²) in [5.74, 6) is 1.72. The Morgan fingerprint density at radius 1 is 1.32 bits per heavy atom. The molecule has 0 bridgehead atoms. The maximum absolute atomic E-state index is 13.0. The number of hydrogen-bond acceptors (Lipinski definition) is 5. The van der Waals surface area contributed by atoms with Gasteiger partial charge in [-0.05, 0) is 48.4 Å². The van der Waals surface area contributed by atoms with E-state index in [1.165, 1.54) is 0 Å². The topological polar surface area (TPSA) is 63.6 Å². The van der Waals surface area contributed by atoms with E-state index in [9.17, 15) is 4.79 Å². The number of pyridine rings is 1. The van der Waals surface area contributed by atoms with E-state index in [1.54, 1.807) is 11.3 Å². The lowest BCUT2D eigenvalue weighted by atomic mass is 9.94. The molecule has 5 rings (SSSR count). The highest BCUT2D eigenvalue weighted by Crippen LogP contribution is 2.24. The van der Waals surface area contributed by atoms with Gasteiger partial charge in [0.15, 0.2) is 0 Å². The lowest BCUT2D eigenvalue weighted by Gasteiger charge is -2.32. The van der Waals surface area contributed by atoms with Crippen LogP contribution in [0.4, 0.5) is 0 Å². The highest BCUT2D eigenvalue weighted by atomic mass is 32.1. The highest BCUT2D eigenvalue weighted by Gasteiger charge is 2.26. The van der Waals surface area contributed by atoms with Gasteiger partial charge >= 0.3 is 0 Å². The standard InChI is InChI=1S/C21H20N4O2S/c26-21(17-11-18-5-1-2-7-24(18)13-17)25-8-3-4-15(12-25)10-19-22-20(23-27-19)16-6-9-28-14-16/h1-2,5-7,9,11,13-15H,3-4,8,10,12H2/t15-/m1/s1. The van der Waals surface area contributed by atoms with Gasteiger partial charge in [0.2, 0.25) is 11.7 Å². The van der Waals surface area contributed by atoms with Crippen LogP contribution in [-0.4, -0.2) is 38.4 Å². The fraction of sp³-hybridized carbons (Fsp3) is 0.286. The molecule has 0 aliphatic carbocycles. The van der Waals surface area contributed by atoms with E-state index in [-0.39, 0.29) is 5.91 Å². The first-order chi connectivity index (χ1) is 13.8. The number of thiophene rings is 1. The van der Waals surface area contributed by atoms with Crippen LogP contribution in [0.3, 0.4) is 0 Å². The molecule has 0 aromatic carbocycles. The molecule has 1 amide bonds. The Hall–Kier alpha value is -2.93. The number of carbonyl (C=O) groups is 1. The van der Waals surface area contributed by atoms with Crippen LogP contribution in [0.1, 0.15) is 29.1 Å². The largest absolute Gasteiger partial charge is 0.339 e. The van der Waals surface area contributed by atoms with E-state index < -0.39 is 0 Å². The van der Waals surface area contributed by atoms with Crippen molar-refractivity contribution >= 4 is 22.8 Å². The van der Waals surface area contributed by atoms with Gasteiger partial charge in [0.05, 0.1) is 5.56 Å². The van der Waals surface area contributed by atoms with Crippen LogP contribution in [-0.2, 0) is 6.42 Å². The number of fused-ring (bicyclic) bond motifs is 1. The van der Waals surface area contributed by atoms with Gasteiger partial charge in [-0.2, -0.15) is 16.3 Å². The summed E-state index contributed by atoms with van der Waals surface area (Å²) in [4.78, 5) is 19.5. The van der Waals surface area contributed by atoms with Crippen molar-refractivity contribution in [1.29, 1.82) is 0 Å². The molecule has 1 atom stereocenters. The molecule has 6 nitrogen and oxygen atoms in total. The molecule has 1 saturated heterocycles. The quantitative estimate of drug-likeness (QED) is 0.523. The zero-order valence-corrected chi connectivity index (χ0v) is 16.1. The Bertz CT molecular complexity index is 1070. The Morgan fingerprint density at radius 3 is 3.14 bits per heavy atom. The minimum atomic E-state index is 0.0953. The Labute approximate surface area is 166 Å². The van der Waals surface area contributed by atoms with Gasteiger partial charge in [-0.15, -0.1) is 0 Å². The van der Waals surface area contributed by atoms with Crippen LogP contribution in [0, 0.1) is 5.92 Å². The van der Waals surface area contributed by atoms with Crippen molar-refractivity contribution in [3.05, 3.63) is 64.9 Å². The monoisotopic (exact) mass is 392 g/mol. The molecule has 0 saturated carbocycles. The van der Waals surface area contributed by atoms with Gasteiger partial charge in [-0.25, -0.2) is 0 Å². The minimum Gasteiger partial charge on any atom is -0.339 e. The molecule has 0 unspecified atom stereocenters. The third kappa shape index (κ3) is 3.33. The Kier molecular flexibility index (Phi) is 4.44. The summed E-state index contributed by atoms with van der Waals surface area (Å²) >= 11 is 1.61. The summed E-state index contributed by atoms with van der Waals surface area (Å²) < 4.78 is 7.43. The smallest absolute Gasteiger partial charge is 0.255 e. The highest BCUT2D eigenvalue weighted by molar-refractivity contribution is 7.08. The van der Waals surface area contributed by atoms with Crippen molar-refractivity contribution in [3.63, 3.8) is 0 Å². The normalized spacial score (nSPS) is 17.3. The second-order valence-corrected chi connectivity index (χ2v) is 8.03. The summed E-state index contributed by atoms with van der Waals surface area (Å²) in [7, 11) is 0. The lowest BCUT2D eigenvalue weighted by molar-refractivity contribution is 0.0668. The van der Waals surface area contributed by atoms with Gasteiger partial charge < -0.3 is 13.8 Å². The number of likely N-dealkylation sites (tertiary alicyclic amines) is 1. The molecule has 0 spiro atoms. The number of nitrogens with zero attached hydrogens (tertiary/aromatic N) is 4. The first kappa shape index (κ1) is 17.2. The lowest BCUT2D eigenvalue weighted by Crippen LogP contribution is -2.40. The third-order valence-corrected chi connectivity index (χ3v) is 5.95. The van der Waals surface area contributed by atoms with Gasteiger partial charge in [-0.3, -0.25) is 4.79 Å². The van der Waals surface area contributed by atoms with E-state index in [4.69, 9.17) is 4.52 Å². The number of hydrogen-bond donors (Lipinski definition) is 0. The van der Waals surface area contributed by atoms with Crippen molar-refractivity contribution < 1.29 is 9.32 Å². The van der Waals surface area contributed by atoms with Crippen LogP contribution in [0.2, 0.25) is 0 Å². The molecule has 1 fully saturated rings. The second kappa shape index (κ2) is 7.24. The van der Waals surface area contributed by atoms with E-state index >= 15 is 0 Å². The van der Waals surface area contributed by atoms with E-state index in [2.05, 4.69) is 10.1 Å². The molecule has 0 N–H and O–H groups in total. The number of piperidine rings is 1. The number of rotatable bonds is 4. The van der Waals surface area contributed by atoms with Crippen LogP contribution < -0.4 is 0 Å². The fourth-order valence-corrected chi connectivity index (χ4v) is 4.50. The molecule has 5 heterocycles. The maximum Gasteiger partial charge on any atom is 0.255 e. The molecule has 28 heavy (non-hydrogen) atoms. The van der Waals surface area contributed by atoms with E-state index in [0.29, 0.717) is 24.1 Å². The maximum atomic E-state index is 13.0. The van der Waals surface area contributed by atoms with Crippen LogP contribution in [0.15, 0.2) is 58.0 Å². The molecule has 1 aliphatic heterocycles. The zero-order chi connectivity index (χ0) is 18.9. The fourth-order valence-electron chi connectivity index (χ4n) is 3.86. The Balaban J connectivity index is 1.27. The Morgan fingerprint density at radius 2 is 2.29 bits per heavy atom. The average molecular weight is 392 g/mol. The molecule has 0 radical (unpaired) electrons. The summed E-state index contributed by atoms with van der Waals surface area (Å²) in [6.45, 7) is 1.52. The first-order valence-corrected chi connectivity index (χ1v) is 10.4. The van der Waals surface area contributed by atoms with Gasteiger partial charge in [0, 0.05) is 48.4 Å². The van der Waals surface area contributed by atoms with Crippen molar-refractivity contribution in [2.24, 2.45) is 5.92 Å². The van der Waals surface area contributed by atoms with Crippen molar-refractivity contribution in [1.82, 2.24) is 19.4 Å². The van der Waals surface area contributed by atoms with Gasteiger partial charge in [-0.1, -0.05) is 11.2 Å². The van der Waals surface area contributed by atoms with Crippen molar-refractivity contribution in [2.45, 2.75) is 19.3 Å². The molecule has 4 aromatic heterocycles. The minimum absolute atomic E-state index is 0.0953. The van der Waals surface area contributed by atoms with Crippen molar-refractivity contribution in [2.75, 3.05) is 13.1 Å². The summed E-state index contributed by atoms with van der Waals surface area (Å²) in [5, 5.41) is 8.10. The number of carbonyl (C=O) groups excluding carboxylic acids is 1. The summed E-state index contributed by atoms with van der Waals surface area (Å²) in [6, 6.07) is 9.90. The molecule has 7 heteroatoms. The van der Waals surface area contributed by atoms with Crippen LogP contribution in [0.5, 0.6) is 0 Å². The zero-order valence-electron chi connectivity index (χ0n) is 15.3. The average Bonchev–Trinajstić information content (AvgIpc) is 3.47. The summed E-state index contributed by atoms with van der Waals surface area (Å²) in [5.41, 5.74) is 2.76. The molecular weight excluding hydrogens is 372 g/mol. The predicted octanol–water partition coefficient (Wildman–Crippen LogP) is 4.15. The molecule has 4 aromatic rings. The molecular formula is C21H20N4O2S. The SMILES string of the molecule is O=C(c1cc2ccccn2c1)N1CCC[C@H](Cc2nc(-c3ccsc3)no2)C1. The molecule has 1 aliphatic rings.